The molecule has 1 saturated heterocycles. The van der Waals surface area contributed by atoms with E-state index in [1.807, 2.05) is 0 Å². The van der Waals surface area contributed by atoms with Crippen LogP contribution in [-0.2, 0) is 10.9 Å². The minimum atomic E-state index is -4.55. The van der Waals surface area contributed by atoms with E-state index in [1.165, 1.54) is 6.07 Å². The van der Waals surface area contributed by atoms with Gasteiger partial charge in [0, 0.05) is 13.1 Å². The lowest BCUT2D eigenvalue weighted by atomic mass is 10.0. The van der Waals surface area contributed by atoms with Gasteiger partial charge in [0.2, 0.25) is 0 Å². The summed E-state index contributed by atoms with van der Waals surface area (Å²) in [7, 11) is 0. The first kappa shape index (κ1) is 12.2. The van der Waals surface area contributed by atoms with E-state index in [9.17, 15) is 18.3 Å². The third-order valence-corrected chi connectivity index (χ3v) is 2.63. The first-order valence-electron chi connectivity index (χ1n) is 5.21. The zero-order chi connectivity index (χ0) is 12.5. The molecule has 1 atom stereocenters. The molecule has 17 heavy (non-hydrogen) atoms. The molecule has 3 nitrogen and oxygen atoms in total. The molecule has 0 aromatic heterocycles. The molecule has 1 fully saturated rings. The van der Waals surface area contributed by atoms with Crippen molar-refractivity contribution in [1.82, 2.24) is 5.32 Å². The number of ether oxygens (including phenoxy) is 1. The summed E-state index contributed by atoms with van der Waals surface area (Å²) in [5, 5.41) is 12.2. The van der Waals surface area contributed by atoms with Gasteiger partial charge in [-0.25, -0.2) is 0 Å². The Morgan fingerprint density at radius 1 is 1.35 bits per heavy atom. The zero-order valence-corrected chi connectivity index (χ0v) is 8.92. The predicted molar refractivity (Wildman–Crippen MR) is 54.7 cm³/mol. The van der Waals surface area contributed by atoms with Crippen LogP contribution in [0.5, 0.6) is 5.75 Å². The maximum Gasteiger partial charge on any atom is 0.419 e. The number of rotatable bonds is 1. The highest BCUT2D eigenvalue weighted by atomic mass is 19.4. The van der Waals surface area contributed by atoms with E-state index in [-0.39, 0.29) is 0 Å². The molecule has 1 aliphatic rings. The number of halogens is 3. The molecular weight excluding hydrogens is 235 g/mol. The van der Waals surface area contributed by atoms with Crippen molar-refractivity contribution in [3.05, 3.63) is 29.3 Å². The number of hydrogen-bond donors (Lipinski definition) is 2. The molecule has 0 saturated carbocycles. The van der Waals surface area contributed by atoms with Crippen LogP contribution < -0.4 is 5.32 Å². The fourth-order valence-corrected chi connectivity index (χ4v) is 1.76. The minimum absolute atomic E-state index is 0.398. The quantitative estimate of drug-likeness (QED) is 0.798. The van der Waals surface area contributed by atoms with E-state index in [4.69, 9.17) is 4.74 Å². The summed E-state index contributed by atoms with van der Waals surface area (Å²) in [5.74, 6) is -0.759. The zero-order valence-electron chi connectivity index (χ0n) is 8.92. The normalized spacial score (nSPS) is 21.5. The fourth-order valence-electron chi connectivity index (χ4n) is 1.76. The number of nitrogens with one attached hydrogen (secondary N) is 1. The molecule has 2 N–H and O–H groups in total. The Bertz CT molecular complexity index is 400. The highest BCUT2D eigenvalue weighted by Crippen LogP contribution is 2.37. The Morgan fingerprint density at radius 3 is 2.71 bits per heavy atom. The molecule has 0 aliphatic carbocycles. The van der Waals surface area contributed by atoms with Crippen molar-refractivity contribution in [2.45, 2.75) is 12.3 Å². The van der Waals surface area contributed by atoms with Gasteiger partial charge in [-0.1, -0.05) is 6.07 Å². The summed E-state index contributed by atoms with van der Waals surface area (Å²) in [6.45, 7) is 1.63. The summed E-state index contributed by atoms with van der Waals surface area (Å²) < 4.78 is 43.1. The monoisotopic (exact) mass is 247 g/mol. The second kappa shape index (κ2) is 4.54. The maximum atomic E-state index is 12.6. The molecule has 6 heteroatoms. The average Bonchev–Trinajstić information content (AvgIpc) is 2.29. The molecule has 1 aromatic carbocycles. The summed E-state index contributed by atoms with van der Waals surface area (Å²) in [6.07, 6.45) is -4.95. The van der Waals surface area contributed by atoms with Gasteiger partial charge < -0.3 is 15.2 Å². The Kier molecular flexibility index (Phi) is 3.26. The van der Waals surface area contributed by atoms with Gasteiger partial charge in [-0.05, 0) is 17.7 Å². The third kappa shape index (κ3) is 2.70. The number of aromatic hydroxyl groups is 1. The van der Waals surface area contributed by atoms with E-state index in [0.717, 1.165) is 12.1 Å². The van der Waals surface area contributed by atoms with Crippen LogP contribution in [0.25, 0.3) is 0 Å². The van der Waals surface area contributed by atoms with Crippen molar-refractivity contribution in [3.8, 4) is 5.75 Å². The summed E-state index contributed by atoms with van der Waals surface area (Å²) in [6, 6.07) is 3.44. The van der Waals surface area contributed by atoms with E-state index < -0.39 is 23.6 Å². The van der Waals surface area contributed by atoms with Crippen LogP contribution >= 0.6 is 0 Å². The molecule has 1 heterocycles. The van der Waals surface area contributed by atoms with Gasteiger partial charge >= 0.3 is 6.18 Å². The second-order valence-electron chi connectivity index (χ2n) is 3.84. The van der Waals surface area contributed by atoms with Crippen molar-refractivity contribution in [1.29, 1.82) is 0 Å². The van der Waals surface area contributed by atoms with E-state index >= 15 is 0 Å². The van der Waals surface area contributed by atoms with Crippen molar-refractivity contribution in [2.75, 3.05) is 19.7 Å². The molecule has 0 amide bonds. The van der Waals surface area contributed by atoms with Crippen LogP contribution in [0.15, 0.2) is 18.2 Å². The Balaban J connectivity index is 2.30. The molecule has 94 valence electrons. The van der Waals surface area contributed by atoms with Gasteiger partial charge in [0.25, 0.3) is 0 Å². The van der Waals surface area contributed by atoms with Gasteiger partial charge in [0.1, 0.15) is 5.75 Å². The lowest BCUT2D eigenvalue weighted by Gasteiger charge is -2.24. The largest absolute Gasteiger partial charge is 0.507 e. The summed E-state index contributed by atoms with van der Waals surface area (Å²) in [4.78, 5) is 0. The Hall–Kier alpha value is -1.27. The van der Waals surface area contributed by atoms with Crippen molar-refractivity contribution < 1.29 is 23.0 Å². The summed E-state index contributed by atoms with van der Waals surface area (Å²) >= 11 is 0. The van der Waals surface area contributed by atoms with E-state index in [1.54, 1.807) is 0 Å². The molecule has 2 rings (SSSR count). The smallest absolute Gasteiger partial charge is 0.419 e. The Morgan fingerprint density at radius 2 is 2.12 bits per heavy atom. The first-order chi connectivity index (χ1) is 7.98. The van der Waals surface area contributed by atoms with Gasteiger partial charge in [-0.15, -0.1) is 0 Å². The maximum absolute atomic E-state index is 12.6. The Labute approximate surface area is 96.2 Å². The number of alkyl halides is 3. The number of hydrogen-bond acceptors (Lipinski definition) is 3. The number of morpholine rings is 1. The van der Waals surface area contributed by atoms with Crippen LogP contribution in [0.4, 0.5) is 13.2 Å². The molecular formula is C11H12F3NO2. The van der Waals surface area contributed by atoms with Crippen LogP contribution in [0.2, 0.25) is 0 Å². The van der Waals surface area contributed by atoms with Gasteiger partial charge in [0.05, 0.1) is 18.3 Å². The van der Waals surface area contributed by atoms with Crippen molar-refractivity contribution >= 4 is 0 Å². The lowest BCUT2D eigenvalue weighted by Crippen LogP contribution is -2.33. The first-order valence-corrected chi connectivity index (χ1v) is 5.21. The highest BCUT2D eigenvalue weighted by molar-refractivity contribution is 5.39. The lowest BCUT2D eigenvalue weighted by molar-refractivity contribution is -0.138. The second-order valence-corrected chi connectivity index (χ2v) is 3.84. The SMILES string of the molecule is Oc1ccc(C2CNCCO2)cc1C(F)(F)F. The van der Waals surface area contributed by atoms with Gasteiger partial charge in [-0.2, -0.15) is 13.2 Å². The van der Waals surface area contributed by atoms with Gasteiger partial charge in [0.15, 0.2) is 0 Å². The van der Waals surface area contributed by atoms with Crippen LogP contribution in [0.3, 0.4) is 0 Å². The number of phenols is 1. The number of benzene rings is 1. The van der Waals surface area contributed by atoms with Gasteiger partial charge in [-0.3, -0.25) is 0 Å². The summed E-state index contributed by atoms with van der Waals surface area (Å²) in [5.41, 5.74) is -0.605. The van der Waals surface area contributed by atoms with Crippen LogP contribution in [-0.4, -0.2) is 24.8 Å². The third-order valence-electron chi connectivity index (χ3n) is 2.63. The van der Waals surface area contributed by atoms with Crippen LogP contribution in [0.1, 0.15) is 17.2 Å². The molecule has 0 radical (unpaired) electrons. The van der Waals surface area contributed by atoms with Crippen LogP contribution in [0, 0.1) is 0 Å². The topological polar surface area (TPSA) is 41.5 Å². The molecule has 1 aromatic rings. The number of phenolic OH excluding ortho intramolecular Hbond substituents is 1. The molecule has 1 unspecified atom stereocenters. The van der Waals surface area contributed by atoms with E-state index in [2.05, 4.69) is 5.32 Å². The van der Waals surface area contributed by atoms with E-state index in [0.29, 0.717) is 25.3 Å². The molecule has 0 bridgehead atoms. The predicted octanol–water partition coefficient (Wildman–Crippen LogP) is 2.07. The van der Waals surface area contributed by atoms with Crippen molar-refractivity contribution in [3.63, 3.8) is 0 Å². The minimum Gasteiger partial charge on any atom is -0.507 e. The average molecular weight is 247 g/mol. The highest BCUT2D eigenvalue weighted by Gasteiger charge is 2.34. The standard InChI is InChI=1S/C11H12F3NO2/c12-11(13,14)8-5-7(1-2-9(8)16)10-6-15-3-4-17-10/h1-2,5,10,15-16H,3-4,6H2. The fraction of sp³-hybridized carbons (Fsp3) is 0.455. The van der Waals surface area contributed by atoms with Crippen molar-refractivity contribution in [2.24, 2.45) is 0 Å². The molecule has 1 aliphatic heterocycles. The molecule has 0 spiro atoms.